The number of aliphatic hydroxyl groups excluding tert-OH is 1. The molecule has 1 aliphatic carbocycles. The molecule has 1 aliphatic rings. The SMILES string of the molecule is Cc1ccc([C@H]2[C@@H](CO)[C@@H]2S(=O)(=O)c2ccc(Cl)cc2)cc1. The predicted molar refractivity (Wildman–Crippen MR) is 86.9 cm³/mol. The molecule has 22 heavy (non-hydrogen) atoms. The van der Waals surface area contributed by atoms with E-state index in [1.807, 2.05) is 31.2 Å². The number of aryl methyl sites for hydroxylation is 1. The number of aliphatic hydroxyl groups is 1. The molecular weight excluding hydrogens is 320 g/mol. The summed E-state index contributed by atoms with van der Waals surface area (Å²) in [5.74, 6) is -0.394. The summed E-state index contributed by atoms with van der Waals surface area (Å²) in [7, 11) is -3.47. The summed E-state index contributed by atoms with van der Waals surface area (Å²) >= 11 is 5.82. The minimum absolute atomic E-state index is 0.129. The monoisotopic (exact) mass is 336 g/mol. The summed E-state index contributed by atoms with van der Waals surface area (Å²) in [4.78, 5) is 0.259. The van der Waals surface area contributed by atoms with Crippen molar-refractivity contribution < 1.29 is 13.5 Å². The van der Waals surface area contributed by atoms with Crippen LogP contribution in [0.25, 0.3) is 0 Å². The first kappa shape index (κ1) is 15.5. The van der Waals surface area contributed by atoms with E-state index < -0.39 is 15.1 Å². The molecule has 0 aromatic heterocycles. The lowest BCUT2D eigenvalue weighted by molar-refractivity contribution is 0.274. The summed E-state index contributed by atoms with van der Waals surface area (Å²) in [6.45, 7) is 1.86. The fourth-order valence-corrected chi connectivity index (χ4v) is 5.32. The second kappa shape index (κ2) is 5.69. The second-order valence-corrected chi connectivity index (χ2v) is 8.29. The van der Waals surface area contributed by atoms with Crippen molar-refractivity contribution >= 4 is 21.4 Å². The third-order valence-corrected chi connectivity index (χ3v) is 6.81. The van der Waals surface area contributed by atoms with Gasteiger partial charge < -0.3 is 5.11 Å². The quantitative estimate of drug-likeness (QED) is 0.932. The van der Waals surface area contributed by atoms with Gasteiger partial charge in [-0.3, -0.25) is 0 Å². The van der Waals surface area contributed by atoms with E-state index in [9.17, 15) is 13.5 Å². The maximum absolute atomic E-state index is 12.8. The number of hydrogen-bond acceptors (Lipinski definition) is 3. The maximum atomic E-state index is 12.8. The molecule has 0 saturated heterocycles. The third-order valence-electron chi connectivity index (χ3n) is 4.27. The highest BCUT2D eigenvalue weighted by molar-refractivity contribution is 7.92. The zero-order valence-electron chi connectivity index (χ0n) is 12.1. The van der Waals surface area contributed by atoms with Crippen LogP contribution in [0.2, 0.25) is 5.02 Å². The fourth-order valence-electron chi connectivity index (χ4n) is 2.99. The third kappa shape index (κ3) is 2.67. The van der Waals surface area contributed by atoms with Gasteiger partial charge in [-0.25, -0.2) is 8.42 Å². The van der Waals surface area contributed by atoms with E-state index in [0.717, 1.165) is 11.1 Å². The van der Waals surface area contributed by atoms with Crippen molar-refractivity contribution in [1.82, 2.24) is 0 Å². The molecule has 5 heteroatoms. The molecule has 2 aromatic rings. The van der Waals surface area contributed by atoms with Gasteiger partial charge in [0.25, 0.3) is 0 Å². The Balaban J connectivity index is 1.93. The Hall–Kier alpha value is -1.36. The summed E-state index contributed by atoms with van der Waals surface area (Å²) < 4.78 is 25.5. The zero-order chi connectivity index (χ0) is 15.9. The average Bonchev–Trinajstić information content (AvgIpc) is 3.24. The van der Waals surface area contributed by atoms with E-state index >= 15 is 0 Å². The molecule has 0 radical (unpaired) electrons. The van der Waals surface area contributed by atoms with Gasteiger partial charge in [0.2, 0.25) is 0 Å². The van der Waals surface area contributed by atoms with Gasteiger partial charge in [-0.05, 0) is 36.8 Å². The van der Waals surface area contributed by atoms with Crippen LogP contribution < -0.4 is 0 Å². The van der Waals surface area contributed by atoms with Crippen molar-refractivity contribution in [2.75, 3.05) is 6.61 Å². The molecule has 1 fully saturated rings. The largest absolute Gasteiger partial charge is 0.396 e. The van der Waals surface area contributed by atoms with Crippen molar-refractivity contribution in [3.63, 3.8) is 0 Å². The average molecular weight is 337 g/mol. The Labute approximate surface area is 135 Å². The summed E-state index contributed by atoms with van der Waals surface area (Å²) in [6.07, 6.45) is 0. The molecule has 3 nitrogen and oxygen atoms in total. The molecular formula is C17H17ClO3S. The van der Waals surface area contributed by atoms with Crippen molar-refractivity contribution in [3.8, 4) is 0 Å². The van der Waals surface area contributed by atoms with Gasteiger partial charge in [0.1, 0.15) is 0 Å². The molecule has 0 amide bonds. The van der Waals surface area contributed by atoms with Crippen molar-refractivity contribution in [2.45, 2.75) is 23.0 Å². The van der Waals surface area contributed by atoms with Crippen LogP contribution in [0.3, 0.4) is 0 Å². The number of benzene rings is 2. The van der Waals surface area contributed by atoms with Crippen molar-refractivity contribution in [2.24, 2.45) is 5.92 Å². The molecule has 0 bridgehead atoms. The van der Waals surface area contributed by atoms with Crippen LogP contribution in [0.1, 0.15) is 17.0 Å². The van der Waals surface area contributed by atoms with Crippen LogP contribution in [0, 0.1) is 12.8 Å². The van der Waals surface area contributed by atoms with E-state index in [0.29, 0.717) is 5.02 Å². The number of rotatable bonds is 4. The first-order chi connectivity index (χ1) is 10.4. The summed E-state index contributed by atoms with van der Waals surface area (Å²) in [5, 5.41) is 9.47. The van der Waals surface area contributed by atoms with E-state index in [2.05, 4.69) is 0 Å². The van der Waals surface area contributed by atoms with Crippen LogP contribution in [0.5, 0.6) is 0 Å². The first-order valence-corrected chi connectivity index (χ1v) is 9.04. The van der Waals surface area contributed by atoms with E-state index in [1.54, 1.807) is 12.1 Å². The summed E-state index contributed by atoms with van der Waals surface area (Å²) in [5.41, 5.74) is 2.09. The van der Waals surface area contributed by atoms with Crippen molar-refractivity contribution in [3.05, 3.63) is 64.7 Å². The van der Waals surface area contributed by atoms with Gasteiger partial charge in [0.05, 0.1) is 10.1 Å². The zero-order valence-corrected chi connectivity index (χ0v) is 13.7. The number of sulfone groups is 1. The van der Waals surface area contributed by atoms with Crippen LogP contribution >= 0.6 is 11.6 Å². The molecule has 0 spiro atoms. The minimum atomic E-state index is -3.47. The van der Waals surface area contributed by atoms with Gasteiger partial charge in [0.15, 0.2) is 9.84 Å². The van der Waals surface area contributed by atoms with Gasteiger partial charge in [-0.2, -0.15) is 0 Å². The lowest BCUT2D eigenvalue weighted by Gasteiger charge is -2.05. The Morgan fingerprint density at radius 2 is 1.64 bits per heavy atom. The van der Waals surface area contributed by atoms with Crippen molar-refractivity contribution in [1.29, 1.82) is 0 Å². The normalized spacial score (nSPS) is 24.2. The highest BCUT2D eigenvalue weighted by Gasteiger charge is 2.58. The molecule has 3 atom stereocenters. The standard InChI is InChI=1S/C17H17ClO3S/c1-11-2-4-12(5-3-11)16-15(10-19)17(16)22(20,21)14-8-6-13(18)7-9-14/h2-9,15-17,19H,10H2,1H3/t15-,16+,17+/m1/s1. The first-order valence-electron chi connectivity index (χ1n) is 7.12. The van der Waals surface area contributed by atoms with Gasteiger partial charge in [-0.1, -0.05) is 41.4 Å². The van der Waals surface area contributed by atoms with E-state index in [1.165, 1.54) is 12.1 Å². The van der Waals surface area contributed by atoms with Gasteiger partial charge >= 0.3 is 0 Å². The molecule has 0 aliphatic heterocycles. The Morgan fingerprint density at radius 3 is 2.18 bits per heavy atom. The fraction of sp³-hybridized carbons (Fsp3) is 0.294. The second-order valence-electron chi connectivity index (χ2n) is 5.75. The lowest BCUT2D eigenvalue weighted by Crippen LogP contribution is -2.11. The van der Waals surface area contributed by atoms with E-state index in [4.69, 9.17) is 11.6 Å². The molecule has 3 rings (SSSR count). The predicted octanol–water partition coefficient (Wildman–Crippen LogP) is 3.20. The Bertz CT molecular complexity index is 767. The molecule has 0 heterocycles. The highest BCUT2D eigenvalue weighted by Crippen LogP contribution is 2.53. The minimum Gasteiger partial charge on any atom is -0.396 e. The van der Waals surface area contributed by atoms with Gasteiger partial charge in [0, 0.05) is 23.5 Å². The molecule has 1 N–H and O–H groups in total. The maximum Gasteiger partial charge on any atom is 0.182 e. The van der Waals surface area contributed by atoms with Crippen LogP contribution in [0.4, 0.5) is 0 Å². The lowest BCUT2D eigenvalue weighted by atomic mass is 10.1. The van der Waals surface area contributed by atoms with Crippen LogP contribution in [-0.2, 0) is 9.84 Å². The Morgan fingerprint density at radius 1 is 1.05 bits per heavy atom. The highest BCUT2D eigenvalue weighted by atomic mass is 35.5. The molecule has 116 valence electrons. The number of hydrogen-bond donors (Lipinski definition) is 1. The smallest absolute Gasteiger partial charge is 0.182 e. The van der Waals surface area contributed by atoms with E-state index in [-0.39, 0.29) is 23.3 Å². The van der Waals surface area contributed by atoms with Crippen LogP contribution in [0.15, 0.2) is 53.4 Å². The Kier molecular flexibility index (Phi) is 4.02. The summed E-state index contributed by atoms with van der Waals surface area (Å²) in [6, 6.07) is 14.0. The molecule has 1 saturated carbocycles. The van der Waals surface area contributed by atoms with Gasteiger partial charge in [-0.15, -0.1) is 0 Å². The number of halogens is 1. The topological polar surface area (TPSA) is 54.4 Å². The molecule has 0 unspecified atom stereocenters. The van der Waals surface area contributed by atoms with Crippen LogP contribution in [-0.4, -0.2) is 25.4 Å². The molecule has 2 aromatic carbocycles.